The van der Waals surface area contributed by atoms with Crippen LogP contribution in [0.5, 0.6) is 0 Å². The normalized spacial score (nSPS) is 20.0. The van der Waals surface area contributed by atoms with E-state index in [1.54, 1.807) is 0 Å². The van der Waals surface area contributed by atoms with E-state index in [9.17, 15) is 27.2 Å². The maximum absolute atomic E-state index is 14.4. The Bertz CT molecular complexity index is 1070. The minimum Gasteiger partial charge on any atom is -0.380 e. The molecule has 0 saturated carbocycles. The van der Waals surface area contributed by atoms with Gasteiger partial charge in [0.15, 0.2) is 11.6 Å². The fourth-order valence-corrected chi connectivity index (χ4v) is 3.97. The molecule has 0 radical (unpaired) electrons. The topological polar surface area (TPSA) is 62.7 Å². The van der Waals surface area contributed by atoms with Gasteiger partial charge in [0.2, 0.25) is 5.91 Å². The molecule has 170 valence electrons. The fraction of sp³-hybridized carbons (Fsp3) is 0.381. The molecule has 2 saturated heterocycles. The zero-order valence-electron chi connectivity index (χ0n) is 16.8. The largest absolute Gasteiger partial charge is 0.380 e. The van der Waals surface area contributed by atoms with Gasteiger partial charge in [0.1, 0.15) is 18.4 Å². The maximum atomic E-state index is 14.4. The molecule has 1 aromatic carbocycles. The Morgan fingerprint density at radius 3 is 2.47 bits per heavy atom. The number of carbonyl (C=O) groups is 2. The third-order valence-electron chi connectivity index (χ3n) is 5.48. The van der Waals surface area contributed by atoms with Crippen molar-refractivity contribution in [3.63, 3.8) is 0 Å². The van der Waals surface area contributed by atoms with Crippen LogP contribution < -0.4 is 4.90 Å². The molecule has 6 nitrogen and oxygen atoms in total. The van der Waals surface area contributed by atoms with Gasteiger partial charge in [-0.25, -0.2) is 22.5 Å². The summed E-state index contributed by atoms with van der Waals surface area (Å²) in [6, 6.07) is 3.16. The predicted octanol–water partition coefficient (Wildman–Crippen LogP) is 3.52. The monoisotopic (exact) mass is 471 g/mol. The van der Waals surface area contributed by atoms with Gasteiger partial charge in [0.05, 0.1) is 23.8 Å². The quantitative estimate of drug-likeness (QED) is 0.626. The van der Waals surface area contributed by atoms with Gasteiger partial charge in [-0.2, -0.15) is 0 Å². The first kappa shape index (κ1) is 22.5. The average molecular weight is 472 g/mol. The van der Waals surface area contributed by atoms with E-state index in [1.165, 1.54) is 17.2 Å². The molecule has 1 aromatic heterocycles. The lowest BCUT2D eigenvalue weighted by Crippen LogP contribution is -2.65. The summed E-state index contributed by atoms with van der Waals surface area (Å²) in [5, 5.41) is 0.0377. The molecule has 0 unspecified atom stereocenters. The Kier molecular flexibility index (Phi) is 5.85. The van der Waals surface area contributed by atoms with Crippen LogP contribution >= 0.6 is 11.6 Å². The molecule has 2 aliphatic rings. The number of anilines is 1. The summed E-state index contributed by atoms with van der Waals surface area (Å²) in [5.74, 6) is -7.09. The molecule has 2 fully saturated rings. The van der Waals surface area contributed by atoms with Crippen molar-refractivity contribution in [3.8, 4) is 0 Å². The number of nitrogens with zero attached hydrogens (tertiary/aromatic N) is 3. The first-order chi connectivity index (χ1) is 15.1. The lowest BCUT2D eigenvalue weighted by Gasteiger charge is -2.45. The summed E-state index contributed by atoms with van der Waals surface area (Å²) in [5.41, 5.74) is -0.521. The minimum absolute atomic E-state index is 0.0377. The molecule has 0 aliphatic carbocycles. The lowest BCUT2D eigenvalue weighted by molar-refractivity contribution is -0.155. The molecule has 0 N–H and O–H groups in total. The zero-order valence-corrected chi connectivity index (χ0v) is 17.6. The molecule has 11 heteroatoms. The highest BCUT2D eigenvalue weighted by molar-refractivity contribution is 6.30. The number of hydrogen-bond donors (Lipinski definition) is 0. The van der Waals surface area contributed by atoms with E-state index in [1.807, 2.05) is 0 Å². The van der Waals surface area contributed by atoms with Crippen molar-refractivity contribution in [1.29, 1.82) is 0 Å². The Balaban J connectivity index is 1.64. The van der Waals surface area contributed by atoms with E-state index in [0.29, 0.717) is 6.92 Å². The first-order valence-corrected chi connectivity index (χ1v) is 10.1. The highest BCUT2D eigenvalue weighted by atomic mass is 35.5. The van der Waals surface area contributed by atoms with Gasteiger partial charge in [-0.05, 0) is 23.8 Å². The highest BCUT2D eigenvalue weighted by Crippen LogP contribution is 2.32. The number of hydrogen-bond acceptors (Lipinski definition) is 4. The number of carbonyl (C=O) groups excluding carboxylic acids is 2. The second-order valence-electron chi connectivity index (χ2n) is 7.85. The molecule has 0 spiro atoms. The van der Waals surface area contributed by atoms with Gasteiger partial charge >= 0.3 is 0 Å². The number of aromatic nitrogens is 1. The van der Waals surface area contributed by atoms with Crippen LogP contribution in [-0.4, -0.2) is 47.5 Å². The second-order valence-corrected chi connectivity index (χ2v) is 8.29. The molecular formula is C21H18ClF4N3O3. The smallest absolute Gasteiger partial charge is 0.273 e. The van der Waals surface area contributed by atoms with Crippen LogP contribution in [0.15, 0.2) is 30.5 Å². The molecule has 1 atom stereocenters. The number of pyridine rings is 1. The van der Waals surface area contributed by atoms with Crippen LogP contribution in [0, 0.1) is 17.6 Å². The van der Waals surface area contributed by atoms with Gasteiger partial charge in [-0.3, -0.25) is 14.5 Å². The van der Waals surface area contributed by atoms with E-state index in [0.717, 1.165) is 23.1 Å². The van der Waals surface area contributed by atoms with Crippen molar-refractivity contribution in [2.75, 3.05) is 24.7 Å². The SMILES string of the molecule is CC(F)(F)c1ccc(CN2C(=O)CN(c3ncc(Cl)cc3F)C(=O)[C@H]2C2COC2)cc1F. The third kappa shape index (κ3) is 4.16. The van der Waals surface area contributed by atoms with Crippen molar-refractivity contribution in [2.24, 2.45) is 5.92 Å². The minimum atomic E-state index is -3.36. The molecule has 2 amide bonds. The van der Waals surface area contributed by atoms with Crippen LogP contribution in [0.3, 0.4) is 0 Å². The van der Waals surface area contributed by atoms with Crippen LogP contribution in [0.4, 0.5) is 23.4 Å². The van der Waals surface area contributed by atoms with E-state index in [-0.39, 0.29) is 42.1 Å². The molecule has 2 aromatic rings. The number of piperazine rings is 1. The summed E-state index contributed by atoms with van der Waals surface area (Å²) in [7, 11) is 0. The number of ether oxygens (including phenoxy) is 1. The third-order valence-corrected chi connectivity index (χ3v) is 5.69. The summed E-state index contributed by atoms with van der Waals surface area (Å²) >= 11 is 5.72. The number of amides is 2. The van der Waals surface area contributed by atoms with Crippen LogP contribution in [-0.2, 0) is 26.8 Å². The van der Waals surface area contributed by atoms with Crippen LogP contribution in [0.1, 0.15) is 18.1 Å². The van der Waals surface area contributed by atoms with Gasteiger partial charge < -0.3 is 9.64 Å². The lowest BCUT2D eigenvalue weighted by atomic mass is 9.92. The Labute approximate surface area is 185 Å². The van der Waals surface area contributed by atoms with Crippen molar-refractivity contribution in [3.05, 3.63) is 58.2 Å². The van der Waals surface area contributed by atoms with E-state index in [4.69, 9.17) is 16.3 Å². The van der Waals surface area contributed by atoms with Gasteiger partial charge in [-0.15, -0.1) is 0 Å². The summed E-state index contributed by atoms with van der Waals surface area (Å²) in [6.45, 7) is 0.341. The van der Waals surface area contributed by atoms with Gasteiger partial charge in [-0.1, -0.05) is 17.7 Å². The van der Waals surface area contributed by atoms with Crippen LogP contribution in [0.25, 0.3) is 0 Å². The Morgan fingerprint density at radius 1 is 1.19 bits per heavy atom. The fourth-order valence-electron chi connectivity index (χ4n) is 3.83. The van der Waals surface area contributed by atoms with Gasteiger partial charge in [0, 0.05) is 25.6 Å². The standard InChI is InChI=1S/C21H18ClF4N3O3/c1-21(25,26)14-3-2-11(4-15(14)23)7-28-17(30)8-29(19-16(24)5-13(22)6-27-19)20(31)18(28)12-9-32-10-12/h2-6,12,18H,7-10H2,1H3/t18-/m1/s1. The molecule has 0 bridgehead atoms. The summed E-state index contributed by atoms with van der Waals surface area (Å²) in [6.07, 6.45) is 1.17. The van der Waals surface area contributed by atoms with Crippen molar-refractivity contribution >= 4 is 29.2 Å². The van der Waals surface area contributed by atoms with Crippen molar-refractivity contribution in [1.82, 2.24) is 9.88 Å². The van der Waals surface area contributed by atoms with E-state index >= 15 is 0 Å². The first-order valence-electron chi connectivity index (χ1n) is 9.72. The van der Waals surface area contributed by atoms with Crippen molar-refractivity contribution in [2.45, 2.75) is 25.4 Å². The van der Waals surface area contributed by atoms with Crippen LogP contribution in [0.2, 0.25) is 5.02 Å². The highest BCUT2D eigenvalue weighted by Gasteiger charge is 2.47. The van der Waals surface area contributed by atoms with E-state index in [2.05, 4.69) is 4.98 Å². The summed E-state index contributed by atoms with van der Waals surface area (Å²) in [4.78, 5) is 32.3. The molecule has 2 aliphatic heterocycles. The summed E-state index contributed by atoms with van der Waals surface area (Å²) < 4.78 is 60.8. The Morgan fingerprint density at radius 2 is 1.91 bits per heavy atom. The number of halogens is 5. The van der Waals surface area contributed by atoms with E-state index < -0.39 is 47.5 Å². The number of alkyl halides is 2. The zero-order chi connectivity index (χ0) is 23.2. The molecule has 4 rings (SSSR count). The number of rotatable bonds is 5. The predicted molar refractivity (Wildman–Crippen MR) is 106 cm³/mol. The van der Waals surface area contributed by atoms with Crippen molar-refractivity contribution < 1.29 is 31.9 Å². The van der Waals surface area contributed by atoms with Gasteiger partial charge in [0.25, 0.3) is 11.8 Å². The molecular weight excluding hydrogens is 454 g/mol. The Hall–Kier alpha value is -2.72. The molecule has 32 heavy (non-hydrogen) atoms. The average Bonchev–Trinajstić information content (AvgIpc) is 2.65. The number of benzene rings is 1. The second kappa shape index (κ2) is 8.32. The maximum Gasteiger partial charge on any atom is 0.273 e. The molecule has 3 heterocycles.